The summed E-state index contributed by atoms with van der Waals surface area (Å²) in [5.74, 6) is -0.578. The first kappa shape index (κ1) is 29.0. The lowest BCUT2D eigenvalue weighted by Crippen LogP contribution is -2.45. The number of β-lactam (4-membered cyclic amide) rings is 1. The van der Waals surface area contributed by atoms with Crippen molar-refractivity contribution in [2.45, 2.75) is 69.6 Å². The van der Waals surface area contributed by atoms with Gasteiger partial charge in [0.05, 0.1) is 24.0 Å². The van der Waals surface area contributed by atoms with E-state index < -0.39 is 31.6 Å². The number of nitrogens with zero attached hydrogens (tertiary/aromatic N) is 5. The second-order valence-corrected chi connectivity index (χ2v) is 16.3. The van der Waals surface area contributed by atoms with Gasteiger partial charge >= 0.3 is 0 Å². The van der Waals surface area contributed by atoms with E-state index in [1.165, 1.54) is 0 Å². The van der Waals surface area contributed by atoms with Crippen LogP contribution in [-0.2, 0) is 39.4 Å². The first-order valence-corrected chi connectivity index (χ1v) is 17.7. The molecule has 1 N–H and O–H groups in total. The van der Waals surface area contributed by atoms with Gasteiger partial charge in [0, 0.05) is 66.5 Å². The van der Waals surface area contributed by atoms with Crippen LogP contribution in [0.5, 0.6) is 0 Å². The summed E-state index contributed by atoms with van der Waals surface area (Å²) < 4.78 is 24.6. The second kappa shape index (κ2) is 10.9. The number of aryl methyl sites for hydroxylation is 1. The zero-order valence-electron chi connectivity index (χ0n) is 24.0. The first-order chi connectivity index (χ1) is 20.0. The zero-order valence-corrected chi connectivity index (χ0v) is 25.7. The molecule has 0 aliphatic carbocycles. The minimum Gasteiger partial charge on any atom is -0.396 e. The molecule has 2 fully saturated rings. The first-order valence-electron chi connectivity index (χ1n) is 14.4. The quantitative estimate of drug-likeness (QED) is 0.215. The molecule has 42 heavy (non-hydrogen) atoms. The average molecular weight is 612 g/mol. The molecule has 2 aromatic carbocycles. The third kappa shape index (κ3) is 4.86. The van der Waals surface area contributed by atoms with E-state index in [0.717, 1.165) is 11.3 Å². The van der Waals surface area contributed by atoms with Gasteiger partial charge in [0.15, 0.2) is 5.60 Å². The van der Waals surface area contributed by atoms with Crippen LogP contribution in [0.3, 0.4) is 0 Å². The molecule has 0 unspecified atom stereocenters. The number of carbonyl (C=O) groups excluding carboxylic acids is 2. The number of aromatic nitrogens is 3. The Hall–Kier alpha value is -3.12. The normalized spacial score (nSPS) is 25.4. The molecule has 2 amide bonds. The van der Waals surface area contributed by atoms with E-state index in [4.69, 9.17) is 16.3 Å². The van der Waals surface area contributed by atoms with Crippen LogP contribution in [-0.4, -0.2) is 59.6 Å². The van der Waals surface area contributed by atoms with Gasteiger partial charge in [-0.1, -0.05) is 35.9 Å². The number of anilines is 2. The minimum atomic E-state index is -3.32. The molecular weight excluding hydrogens is 577 g/mol. The largest absolute Gasteiger partial charge is 0.396 e. The van der Waals surface area contributed by atoms with Gasteiger partial charge in [-0.15, -0.1) is 5.10 Å². The Morgan fingerprint density at radius 2 is 2.02 bits per heavy atom. The summed E-state index contributed by atoms with van der Waals surface area (Å²) in [5, 5.41) is 17.9. The molecule has 0 bridgehead atoms. The molecule has 9 nitrogen and oxygen atoms in total. The van der Waals surface area contributed by atoms with E-state index in [-0.39, 0.29) is 25.0 Å². The van der Waals surface area contributed by atoms with Crippen LogP contribution >= 0.6 is 11.6 Å². The number of amides is 2. The molecule has 2 saturated heterocycles. The standard InChI is InChI=1S/C30H35ClFN5O4Si/c1-19-28(42(2,3)32)26(9-12-35-18-22(11-14-38)33-34-35)41-30(19)24-16-21(31)7-8-25(24)37(29(30)40)17-20-5-4-6-23(15-20)36-13-10-27(36)39/h4-8,15-16,18-19,26,28,38H,9-14,17H2,1-3H3/t19-,26+,28-,30+/m1/s1. The number of aliphatic hydroxyl groups excluding tert-OH is 1. The van der Waals surface area contributed by atoms with Gasteiger partial charge in [0.1, 0.15) is 0 Å². The number of hydrogen-bond acceptors (Lipinski definition) is 6. The molecule has 4 heterocycles. The maximum atomic E-state index is 16.1. The van der Waals surface area contributed by atoms with Gasteiger partial charge in [-0.3, -0.25) is 14.3 Å². The zero-order chi connectivity index (χ0) is 29.8. The van der Waals surface area contributed by atoms with Crippen LogP contribution < -0.4 is 9.80 Å². The molecule has 12 heteroatoms. The molecule has 3 aliphatic rings. The van der Waals surface area contributed by atoms with E-state index in [1.54, 1.807) is 45.9 Å². The summed E-state index contributed by atoms with van der Waals surface area (Å²) in [5.41, 5.74) is 1.91. The van der Waals surface area contributed by atoms with Crippen molar-refractivity contribution in [1.29, 1.82) is 0 Å². The fraction of sp³-hybridized carbons (Fsp3) is 0.467. The lowest BCUT2D eigenvalue weighted by molar-refractivity contribution is -0.146. The third-order valence-electron chi connectivity index (χ3n) is 8.93. The van der Waals surface area contributed by atoms with Crippen molar-refractivity contribution < 1.29 is 23.5 Å². The number of hydrogen-bond donors (Lipinski definition) is 1. The highest BCUT2D eigenvalue weighted by Gasteiger charge is 2.66. The summed E-state index contributed by atoms with van der Waals surface area (Å²) in [6.07, 6.45) is 2.66. The van der Waals surface area contributed by atoms with E-state index in [2.05, 4.69) is 10.3 Å². The van der Waals surface area contributed by atoms with Crippen molar-refractivity contribution in [2.24, 2.45) is 5.92 Å². The lowest BCUT2D eigenvalue weighted by atomic mass is 9.82. The summed E-state index contributed by atoms with van der Waals surface area (Å²) in [6, 6.07) is 13.0. The van der Waals surface area contributed by atoms with Gasteiger partial charge in [0.2, 0.25) is 14.3 Å². The number of fused-ring (bicyclic) bond motifs is 2. The predicted molar refractivity (Wildman–Crippen MR) is 160 cm³/mol. The Kier molecular flexibility index (Phi) is 7.49. The van der Waals surface area contributed by atoms with Gasteiger partial charge < -0.3 is 23.8 Å². The van der Waals surface area contributed by atoms with E-state index in [1.807, 2.05) is 37.3 Å². The van der Waals surface area contributed by atoms with Gasteiger partial charge in [0.25, 0.3) is 5.91 Å². The fourth-order valence-electron chi connectivity index (χ4n) is 6.98. The molecule has 3 aromatic rings. The van der Waals surface area contributed by atoms with E-state index in [0.29, 0.717) is 54.3 Å². The molecule has 0 saturated carbocycles. The third-order valence-corrected chi connectivity index (χ3v) is 11.6. The highest BCUT2D eigenvalue weighted by Crippen LogP contribution is 2.60. The van der Waals surface area contributed by atoms with Crippen molar-refractivity contribution in [3.8, 4) is 0 Å². The van der Waals surface area contributed by atoms with E-state index >= 15 is 4.11 Å². The maximum Gasteiger partial charge on any atom is 0.264 e. The number of carbonyl (C=O) groups is 2. The maximum absolute atomic E-state index is 16.1. The number of aliphatic hydroxyl groups is 1. The molecule has 6 rings (SSSR count). The molecule has 4 atom stereocenters. The second-order valence-electron chi connectivity index (χ2n) is 12.0. The van der Waals surface area contributed by atoms with Gasteiger partial charge in [-0.05, 0) is 55.4 Å². The van der Waals surface area contributed by atoms with Crippen LogP contribution in [0.1, 0.15) is 36.6 Å². The highest BCUT2D eigenvalue weighted by molar-refractivity contribution is 6.72. The Morgan fingerprint density at radius 3 is 2.71 bits per heavy atom. The summed E-state index contributed by atoms with van der Waals surface area (Å²) >= 11 is 6.49. The summed E-state index contributed by atoms with van der Waals surface area (Å²) in [4.78, 5) is 30.0. The highest BCUT2D eigenvalue weighted by atomic mass is 35.5. The van der Waals surface area contributed by atoms with Crippen molar-refractivity contribution in [3.63, 3.8) is 0 Å². The minimum absolute atomic E-state index is 0.0184. The van der Waals surface area contributed by atoms with Crippen LogP contribution in [0, 0.1) is 5.92 Å². The predicted octanol–water partition coefficient (Wildman–Crippen LogP) is 4.62. The number of halogens is 2. The lowest BCUT2D eigenvalue weighted by Gasteiger charge is -2.32. The summed E-state index contributed by atoms with van der Waals surface area (Å²) in [6.45, 7) is 6.66. The van der Waals surface area contributed by atoms with Gasteiger partial charge in [-0.2, -0.15) is 0 Å². The molecule has 3 aliphatic heterocycles. The van der Waals surface area contributed by atoms with Crippen molar-refractivity contribution in [3.05, 3.63) is 70.5 Å². The monoisotopic (exact) mass is 611 g/mol. The SMILES string of the molecule is C[C@@H]1[C@@H]([Si](C)(C)F)[C@H](CCn2cc(CCO)nn2)O[C@@]12C(=O)N(Cc1cccc(N3CCC3=O)c1)c1ccc(Cl)cc12. The Labute approximate surface area is 250 Å². The fourth-order valence-corrected chi connectivity index (χ4v) is 9.69. The number of ether oxygens (including phenoxy) is 1. The molecular formula is C30H35ClFN5O4Si. The topological polar surface area (TPSA) is 101 Å². The van der Waals surface area contributed by atoms with E-state index in [9.17, 15) is 14.7 Å². The molecule has 222 valence electrons. The van der Waals surface area contributed by atoms with Crippen molar-refractivity contribution in [1.82, 2.24) is 15.0 Å². The van der Waals surface area contributed by atoms with Crippen LogP contribution in [0.15, 0.2) is 48.7 Å². The smallest absolute Gasteiger partial charge is 0.264 e. The Balaban J connectivity index is 1.33. The van der Waals surface area contributed by atoms with Crippen LogP contribution in [0.4, 0.5) is 15.5 Å². The number of rotatable bonds is 9. The molecule has 1 spiro atoms. The Morgan fingerprint density at radius 1 is 1.21 bits per heavy atom. The van der Waals surface area contributed by atoms with Crippen LogP contribution in [0.25, 0.3) is 0 Å². The summed E-state index contributed by atoms with van der Waals surface area (Å²) in [7, 11) is -3.32. The number of benzene rings is 2. The average Bonchev–Trinajstić information content (AvgIpc) is 3.57. The van der Waals surface area contributed by atoms with Crippen LogP contribution in [0.2, 0.25) is 23.7 Å². The van der Waals surface area contributed by atoms with Crippen molar-refractivity contribution in [2.75, 3.05) is 23.0 Å². The molecule has 1 aromatic heterocycles. The van der Waals surface area contributed by atoms with Crippen molar-refractivity contribution >= 4 is 43.2 Å². The van der Waals surface area contributed by atoms with Gasteiger partial charge in [-0.25, -0.2) is 0 Å². The molecule has 0 radical (unpaired) electrons. The Bertz CT molecular complexity index is 1530.